The molecule has 3 rings (SSSR count). The van der Waals surface area contributed by atoms with Crippen molar-refractivity contribution in [3.8, 4) is 0 Å². The zero-order chi connectivity index (χ0) is 19.1. The summed E-state index contributed by atoms with van der Waals surface area (Å²) in [6.45, 7) is 6.08. The van der Waals surface area contributed by atoms with Gasteiger partial charge < -0.3 is 4.90 Å². The van der Waals surface area contributed by atoms with Gasteiger partial charge in [-0.25, -0.2) is 4.99 Å². The standard InChI is InChI=1S/C23H28N2OS/c1-18-12-13-19(2)21(16-18)22(26)17-27-23(24-20-10-6-5-7-11-20)25-14-8-3-4-9-15-25/h5-7,10-13,16H,3-4,8-9,14-15,17H2,1-2H3. The number of nitrogens with zero attached hydrogens (tertiary/aromatic N) is 2. The number of rotatable bonds is 4. The first-order valence-electron chi connectivity index (χ1n) is 9.75. The Labute approximate surface area is 166 Å². The molecule has 0 radical (unpaired) electrons. The van der Waals surface area contributed by atoms with Crippen molar-refractivity contribution in [2.24, 2.45) is 4.99 Å². The van der Waals surface area contributed by atoms with Crippen LogP contribution >= 0.6 is 11.8 Å². The van der Waals surface area contributed by atoms with Gasteiger partial charge in [0.25, 0.3) is 0 Å². The van der Waals surface area contributed by atoms with Gasteiger partial charge in [0.1, 0.15) is 0 Å². The first-order chi connectivity index (χ1) is 13.1. The summed E-state index contributed by atoms with van der Waals surface area (Å²) in [6, 6.07) is 16.1. The van der Waals surface area contributed by atoms with Crippen molar-refractivity contribution in [1.29, 1.82) is 0 Å². The van der Waals surface area contributed by atoms with Gasteiger partial charge in [0.2, 0.25) is 0 Å². The number of likely N-dealkylation sites (tertiary alicyclic amines) is 1. The van der Waals surface area contributed by atoms with Crippen LogP contribution in [0.3, 0.4) is 0 Å². The molecule has 0 N–H and O–H groups in total. The first kappa shape index (κ1) is 19.7. The number of para-hydroxylation sites is 1. The molecule has 2 aromatic carbocycles. The van der Waals surface area contributed by atoms with Crippen LogP contribution in [0.5, 0.6) is 0 Å². The van der Waals surface area contributed by atoms with E-state index in [1.165, 1.54) is 25.7 Å². The summed E-state index contributed by atoms with van der Waals surface area (Å²) in [5, 5.41) is 0.974. The quantitative estimate of drug-likeness (QED) is 0.383. The van der Waals surface area contributed by atoms with Gasteiger partial charge in [-0.1, -0.05) is 60.5 Å². The number of carbonyl (C=O) groups excluding carboxylic acids is 1. The topological polar surface area (TPSA) is 32.7 Å². The molecule has 0 aliphatic carbocycles. The lowest BCUT2D eigenvalue weighted by molar-refractivity contribution is 0.102. The Bertz CT molecular complexity index is 793. The van der Waals surface area contributed by atoms with Crippen molar-refractivity contribution < 1.29 is 4.79 Å². The number of ketones is 1. The molecule has 1 aliphatic rings. The molecule has 1 fully saturated rings. The van der Waals surface area contributed by atoms with Crippen LogP contribution in [0.25, 0.3) is 0 Å². The molecular formula is C23H28N2OS. The third kappa shape index (κ3) is 5.70. The summed E-state index contributed by atoms with van der Waals surface area (Å²) in [5.74, 6) is 0.601. The second-order valence-corrected chi connectivity index (χ2v) is 8.10. The minimum absolute atomic E-state index is 0.178. The van der Waals surface area contributed by atoms with E-state index in [0.29, 0.717) is 5.75 Å². The van der Waals surface area contributed by atoms with Crippen LogP contribution in [-0.2, 0) is 0 Å². The van der Waals surface area contributed by atoms with Crippen LogP contribution in [0.4, 0.5) is 5.69 Å². The molecule has 142 valence electrons. The molecule has 0 saturated carbocycles. The van der Waals surface area contributed by atoms with Crippen molar-refractivity contribution in [2.75, 3.05) is 18.8 Å². The molecule has 1 saturated heterocycles. The minimum Gasteiger partial charge on any atom is -0.351 e. The van der Waals surface area contributed by atoms with Crippen molar-refractivity contribution in [1.82, 2.24) is 4.90 Å². The lowest BCUT2D eigenvalue weighted by Gasteiger charge is -2.23. The van der Waals surface area contributed by atoms with Gasteiger partial charge >= 0.3 is 0 Å². The van der Waals surface area contributed by atoms with Crippen LogP contribution in [0.1, 0.15) is 47.2 Å². The third-order valence-electron chi connectivity index (χ3n) is 4.88. The summed E-state index contributed by atoms with van der Waals surface area (Å²) in [4.78, 5) is 20.1. The van der Waals surface area contributed by atoms with Crippen LogP contribution in [-0.4, -0.2) is 34.7 Å². The number of hydrogen-bond acceptors (Lipinski definition) is 3. The fourth-order valence-electron chi connectivity index (χ4n) is 3.31. The average Bonchev–Trinajstić information content (AvgIpc) is 2.97. The second-order valence-electron chi connectivity index (χ2n) is 7.16. The van der Waals surface area contributed by atoms with Crippen molar-refractivity contribution >= 4 is 28.4 Å². The highest BCUT2D eigenvalue weighted by molar-refractivity contribution is 8.14. The van der Waals surface area contributed by atoms with E-state index in [4.69, 9.17) is 4.99 Å². The number of aliphatic imine (C=N–C) groups is 1. The summed E-state index contributed by atoms with van der Waals surface area (Å²) < 4.78 is 0. The molecule has 1 heterocycles. The maximum atomic E-state index is 12.8. The van der Waals surface area contributed by atoms with E-state index in [0.717, 1.165) is 40.6 Å². The van der Waals surface area contributed by atoms with Crippen LogP contribution in [0.2, 0.25) is 0 Å². The molecule has 1 aliphatic heterocycles. The van der Waals surface area contributed by atoms with Gasteiger partial charge in [0.15, 0.2) is 11.0 Å². The Morgan fingerprint density at radius 3 is 2.41 bits per heavy atom. The number of thioether (sulfide) groups is 1. The maximum absolute atomic E-state index is 12.8. The van der Waals surface area contributed by atoms with E-state index >= 15 is 0 Å². The Balaban J connectivity index is 1.77. The van der Waals surface area contributed by atoms with Gasteiger partial charge in [0, 0.05) is 18.7 Å². The number of carbonyl (C=O) groups is 1. The van der Waals surface area contributed by atoms with Gasteiger partial charge in [0.05, 0.1) is 11.4 Å². The zero-order valence-electron chi connectivity index (χ0n) is 16.3. The van der Waals surface area contributed by atoms with E-state index in [1.807, 2.05) is 56.3 Å². The highest BCUT2D eigenvalue weighted by Crippen LogP contribution is 2.22. The molecule has 0 bridgehead atoms. The normalized spacial score (nSPS) is 15.5. The molecule has 0 aromatic heterocycles. The summed E-state index contributed by atoms with van der Waals surface area (Å²) >= 11 is 1.58. The van der Waals surface area contributed by atoms with E-state index in [2.05, 4.69) is 11.0 Å². The number of hydrogen-bond donors (Lipinski definition) is 0. The third-order valence-corrected chi connectivity index (χ3v) is 5.90. The smallest absolute Gasteiger partial charge is 0.173 e. The van der Waals surface area contributed by atoms with E-state index < -0.39 is 0 Å². The largest absolute Gasteiger partial charge is 0.351 e. The summed E-state index contributed by atoms with van der Waals surface area (Å²) in [7, 11) is 0. The Hall–Kier alpha value is -2.07. The fraction of sp³-hybridized carbons (Fsp3) is 0.391. The summed E-state index contributed by atoms with van der Waals surface area (Å²) in [5.41, 5.74) is 3.95. The second kappa shape index (κ2) is 9.75. The van der Waals surface area contributed by atoms with Crippen LogP contribution in [0.15, 0.2) is 53.5 Å². The van der Waals surface area contributed by atoms with Crippen molar-refractivity contribution in [3.63, 3.8) is 0 Å². The highest BCUT2D eigenvalue weighted by atomic mass is 32.2. The van der Waals surface area contributed by atoms with Gasteiger partial charge in [-0.15, -0.1) is 0 Å². The van der Waals surface area contributed by atoms with Gasteiger partial charge in [-0.3, -0.25) is 4.79 Å². The molecule has 0 spiro atoms. The van der Waals surface area contributed by atoms with E-state index in [-0.39, 0.29) is 5.78 Å². The molecule has 3 nitrogen and oxygen atoms in total. The maximum Gasteiger partial charge on any atom is 0.173 e. The average molecular weight is 381 g/mol. The number of aryl methyl sites for hydroxylation is 2. The molecule has 0 atom stereocenters. The SMILES string of the molecule is Cc1ccc(C)c(C(=O)CSC(=Nc2ccccc2)N2CCCCCC2)c1. The lowest BCUT2D eigenvalue weighted by Crippen LogP contribution is -2.30. The van der Waals surface area contributed by atoms with Crippen LogP contribution in [0, 0.1) is 13.8 Å². The lowest BCUT2D eigenvalue weighted by atomic mass is 10.0. The monoisotopic (exact) mass is 380 g/mol. The Kier molecular flexibility index (Phi) is 7.11. The molecular weight excluding hydrogens is 352 g/mol. The number of amidine groups is 1. The predicted molar refractivity (Wildman–Crippen MR) is 116 cm³/mol. The van der Waals surface area contributed by atoms with Crippen molar-refractivity contribution in [2.45, 2.75) is 39.5 Å². The van der Waals surface area contributed by atoms with E-state index in [9.17, 15) is 4.79 Å². The molecule has 0 amide bonds. The molecule has 2 aromatic rings. The van der Waals surface area contributed by atoms with Gasteiger partial charge in [-0.05, 0) is 50.5 Å². The van der Waals surface area contributed by atoms with Gasteiger partial charge in [-0.2, -0.15) is 0 Å². The first-order valence-corrected chi connectivity index (χ1v) is 10.7. The zero-order valence-corrected chi connectivity index (χ0v) is 17.1. The van der Waals surface area contributed by atoms with Crippen LogP contribution < -0.4 is 0 Å². The highest BCUT2D eigenvalue weighted by Gasteiger charge is 2.17. The molecule has 27 heavy (non-hydrogen) atoms. The van der Waals surface area contributed by atoms with Crippen molar-refractivity contribution in [3.05, 3.63) is 65.2 Å². The number of Topliss-reactive ketones (excluding diaryl/α,β-unsaturated/α-hetero) is 1. The minimum atomic E-state index is 0.178. The summed E-state index contributed by atoms with van der Waals surface area (Å²) in [6.07, 6.45) is 4.95. The Morgan fingerprint density at radius 1 is 1.00 bits per heavy atom. The van der Waals surface area contributed by atoms with E-state index in [1.54, 1.807) is 11.8 Å². The number of benzene rings is 2. The molecule has 4 heteroatoms. The predicted octanol–water partition coefficient (Wildman–Crippen LogP) is 5.78. The molecule has 0 unspecified atom stereocenters. The fourth-order valence-corrected chi connectivity index (χ4v) is 4.26. The Morgan fingerprint density at radius 2 is 1.70 bits per heavy atom.